The number of benzene rings is 1. The van der Waals surface area contributed by atoms with Crippen molar-refractivity contribution in [1.29, 1.82) is 0 Å². The number of aromatic nitrogens is 1. The zero-order valence-electron chi connectivity index (χ0n) is 17.2. The predicted molar refractivity (Wildman–Crippen MR) is 119 cm³/mol. The SMILES string of the molecule is O=C(NCc1ccnc(N2CCOCC2)c1)C1(S(=O)(=O)c2ccc(Cl)cc2)CCCC1. The van der Waals surface area contributed by atoms with Gasteiger partial charge in [-0.1, -0.05) is 24.4 Å². The summed E-state index contributed by atoms with van der Waals surface area (Å²) in [5.41, 5.74) is 0.877. The van der Waals surface area contributed by atoms with Crippen LogP contribution in [0, 0.1) is 0 Å². The molecule has 1 amide bonds. The Labute approximate surface area is 187 Å². The molecule has 0 unspecified atom stereocenters. The summed E-state index contributed by atoms with van der Waals surface area (Å²) in [7, 11) is -3.85. The molecule has 9 heteroatoms. The number of anilines is 1. The van der Waals surface area contributed by atoms with E-state index < -0.39 is 20.5 Å². The Bertz CT molecular complexity index is 1030. The molecular weight excluding hydrogens is 438 g/mol. The maximum absolute atomic E-state index is 13.4. The van der Waals surface area contributed by atoms with Crippen LogP contribution < -0.4 is 10.2 Å². The number of hydrogen-bond acceptors (Lipinski definition) is 6. The molecule has 0 bridgehead atoms. The largest absolute Gasteiger partial charge is 0.378 e. The molecule has 2 fully saturated rings. The number of nitrogens with one attached hydrogen (secondary N) is 1. The van der Waals surface area contributed by atoms with Gasteiger partial charge in [-0.25, -0.2) is 13.4 Å². The van der Waals surface area contributed by atoms with Crippen LogP contribution in [0.3, 0.4) is 0 Å². The maximum Gasteiger partial charge on any atom is 0.242 e. The highest BCUT2D eigenvalue weighted by atomic mass is 35.5. The number of carbonyl (C=O) groups excluding carboxylic acids is 1. The number of pyridine rings is 1. The van der Waals surface area contributed by atoms with Crippen molar-refractivity contribution in [2.75, 3.05) is 31.2 Å². The van der Waals surface area contributed by atoms with Gasteiger partial charge in [-0.3, -0.25) is 4.79 Å². The molecule has 0 radical (unpaired) electrons. The van der Waals surface area contributed by atoms with E-state index in [1.807, 2.05) is 12.1 Å². The first-order valence-corrected chi connectivity index (χ1v) is 12.3. The van der Waals surface area contributed by atoms with Gasteiger partial charge in [0.1, 0.15) is 5.82 Å². The molecule has 2 heterocycles. The van der Waals surface area contributed by atoms with Gasteiger partial charge in [0.25, 0.3) is 0 Å². The minimum absolute atomic E-state index is 0.132. The van der Waals surface area contributed by atoms with E-state index in [0.29, 0.717) is 43.9 Å². The third kappa shape index (κ3) is 4.42. The lowest BCUT2D eigenvalue weighted by atomic mass is 10.1. The van der Waals surface area contributed by atoms with E-state index in [1.165, 1.54) is 12.1 Å². The fraction of sp³-hybridized carbons (Fsp3) is 0.455. The van der Waals surface area contributed by atoms with Crippen molar-refractivity contribution in [3.63, 3.8) is 0 Å². The second-order valence-corrected chi connectivity index (χ2v) is 10.7. The van der Waals surface area contributed by atoms with Gasteiger partial charge in [0.2, 0.25) is 5.91 Å². The minimum atomic E-state index is -3.85. The minimum Gasteiger partial charge on any atom is -0.378 e. The number of nitrogens with zero attached hydrogens (tertiary/aromatic N) is 2. The average molecular weight is 464 g/mol. The van der Waals surface area contributed by atoms with Crippen LogP contribution >= 0.6 is 11.6 Å². The van der Waals surface area contributed by atoms with E-state index in [2.05, 4.69) is 15.2 Å². The fourth-order valence-corrected chi connectivity index (χ4v) is 6.50. The molecule has 7 nitrogen and oxygen atoms in total. The molecule has 0 spiro atoms. The van der Waals surface area contributed by atoms with E-state index in [-0.39, 0.29) is 11.4 Å². The van der Waals surface area contributed by atoms with Gasteiger partial charge in [0.15, 0.2) is 14.6 Å². The standard InChI is InChI=1S/C22H26ClN3O4S/c23-18-3-5-19(6-4-18)31(28,29)22(8-1-2-9-22)21(27)25-16-17-7-10-24-20(15-17)26-11-13-30-14-12-26/h3-7,10,15H,1-2,8-9,11-14,16H2,(H,25,27). The van der Waals surface area contributed by atoms with Crippen LogP contribution in [0.25, 0.3) is 0 Å². The molecular formula is C22H26ClN3O4S. The smallest absolute Gasteiger partial charge is 0.242 e. The summed E-state index contributed by atoms with van der Waals surface area (Å²) >= 11 is 5.92. The maximum atomic E-state index is 13.4. The lowest BCUT2D eigenvalue weighted by Gasteiger charge is -2.29. The van der Waals surface area contributed by atoms with E-state index in [0.717, 1.165) is 24.5 Å². The van der Waals surface area contributed by atoms with Crippen LogP contribution in [0.4, 0.5) is 5.82 Å². The first-order chi connectivity index (χ1) is 14.9. The molecule has 2 aliphatic rings. The zero-order valence-corrected chi connectivity index (χ0v) is 18.8. The normalized spacial score (nSPS) is 18.7. The van der Waals surface area contributed by atoms with Crippen LogP contribution in [-0.2, 0) is 25.9 Å². The summed E-state index contributed by atoms with van der Waals surface area (Å²) in [6.07, 6.45) is 3.76. The van der Waals surface area contributed by atoms with Gasteiger partial charge < -0.3 is 15.0 Å². The summed E-state index contributed by atoms with van der Waals surface area (Å²) < 4.78 is 30.8. The van der Waals surface area contributed by atoms with Gasteiger partial charge >= 0.3 is 0 Å². The van der Waals surface area contributed by atoms with Gasteiger partial charge in [-0.05, 0) is 54.8 Å². The number of carbonyl (C=O) groups is 1. The molecule has 31 heavy (non-hydrogen) atoms. The van der Waals surface area contributed by atoms with E-state index in [4.69, 9.17) is 16.3 Å². The zero-order chi connectivity index (χ0) is 21.9. The Morgan fingerprint density at radius 1 is 1.13 bits per heavy atom. The molecule has 166 valence electrons. The van der Waals surface area contributed by atoms with Gasteiger partial charge in [-0.15, -0.1) is 0 Å². The van der Waals surface area contributed by atoms with Crippen molar-refractivity contribution in [3.8, 4) is 0 Å². The summed E-state index contributed by atoms with van der Waals surface area (Å²) in [6.45, 7) is 3.11. The Morgan fingerprint density at radius 2 is 1.81 bits per heavy atom. The number of halogens is 1. The van der Waals surface area contributed by atoms with Crippen molar-refractivity contribution >= 4 is 33.2 Å². The van der Waals surface area contributed by atoms with E-state index in [9.17, 15) is 13.2 Å². The Morgan fingerprint density at radius 3 is 2.48 bits per heavy atom. The summed E-state index contributed by atoms with van der Waals surface area (Å²) in [6, 6.07) is 9.79. The number of sulfone groups is 1. The monoisotopic (exact) mass is 463 g/mol. The first-order valence-electron chi connectivity index (χ1n) is 10.5. The Balaban J connectivity index is 1.51. The average Bonchev–Trinajstić information content (AvgIpc) is 3.31. The number of morpholine rings is 1. The van der Waals surface area contributed by atoms with Gasteiger partial charge in [-0.2, -0.15) is 0 Å². The third-order valence-corrected chi connectivity index (χ3v) is 8.83. The lowest BCUT2D eigenvalue weighted by molar-refractivity contribution is -0.123. The molecule has 1 aromatic carbocycles. The molecule has 4 rings (SSSR count). The molecule has 1 saturated heterocycles. The second-order valence-electron chi connectivity index (χ2n) is 7.96. The lowest BCUT2D eigenvalue weighted by Crippen LogP contribution is -2.50. The first kappa shape index (κ1) is 22.0. The van der Waals surface area contributed by atoms with Gasteiger partial charge in [0.05, 0.1) is 18.1 Å². The van der Waals surface area contributed by atoms with Crippen LogP contribution in [0.5, 0.6) is 0 Å². The van der Waals surface area contributed by atoms with Crippen molar-refractivity contribution < 1.29 is 17.9 Å². The fourth-order valence-electron chi connectivity index (χ4n) is 4.28. The molecule has 2 aromatic rings. The van der Waals surface area contributed by atoms with Crippen LogP contribution in [0.2, 0.25) is 5.02 Å². The van der Waals surface area contributed by atoms with Crippen LogP contribution in [0.15, 0.2) is 47.5 Å². The molecule has 1 aliphatic heterocycles. The van der Waals surface area contributed by atoms with Crippen LogP contribution in [0.1, 0.15) is 31.2 Å². The molecule has 1 aliphatic carbocycles. The van der Waals surface area contributed by atoms with Crippen molar-refractivity contribution in [2.24, 2.45) is 0 Å². The number of hydrogen-bond donors (Lipinski definition) is 1. The Kier molecular flexibility index (Phi) is 6.50. The van der Waals surface area contributed by atoms with Gasteiger partial charge in [0, 0.05) is 30.9 Å². The number of rotatable bonds is 6. The Hall–Kier alpha value is -2.16. The topological polar surface area (TPSA) is 88.6 Å². The van der Waals surface area contributed by atoms with Crippen LogP contribution in [-0.4, -0.2) is 50.4 Å². The summed E-state index contributed by atoms with van der Waals surface area (Å²) in [5.74, 6) is 0.393. The van der Waals surface area contributed by atoms with E-state index >= 15 is 0 Å². The molecule has 1 aromatic heterocycles. The van der Waals surface area contributed by atoms with Crippen molar-refractivity contribution in [2.45, 2.75) is 41.9 Å². The van der Waals surface area contributed by atoms with Crippen molar-refractivity contribution in [3.05, 3.63) is 53.2 Å². The molecule has 1 saturated carbocycles. The van der Waals surface area contributed by atoms with Crippen molar-refractivity contribution in [1.82, 2.24) is 10.3 Å². The van der Waals surface area contributed by atoms with E-state index in [1.54, 1.807) is 18.3 Å². The predicted octanol–water partition coefficient (Wildman–Crippen LogP) is 2.97. The molecule has 1 N–H and O–H groups in total. The quantitative estimate of drug-likeness (QED) is 0.708. The second kappa shape index (κ2) is 9.14. The highest BCUT2D eigenvalue weighted by Gasteiger charge is 2.52. The summed E-state index contributed by atoms with van der Waals surface area (Å²) in [4.78, 5) is 19.9. The highest BCUT2D eigenvalue weighted by molar-refractivity contribution is 7.93. The highest BCUT2D eigenvalue weighted by Crippen LogP contribution is 2.41. The molecule has 0 atom stereocenters. The summed E-state index contributed by atoms with van der Waals surface area (Å²) in [5, 5.41) is 3.34. The third-order valence-electron chi connectivity index (χ3n) is 6.06. The number of amides is 1. The number of ether oxygens (including phenoxy) is 1.